The van der Waals surface area contributed by atoms with Crippen LogP contribution in [0.2, 0.25) is 0 Å². The molecule has 0 saturated carbocycles. The van der Waals surface area contributed by atoms with Gasteiger partial charge in [0.05, 0.1) is 13.2 Å². The van der Waals surface area contributed by atoms with Crippen LogP contribution in [0, 0.1) is 0 Å². The molecule has 1 heterocycles. The first-order chi connectivity index (χ1) is 7.41. The van der Waals surface area contributed by atoms with E-state index in [0.29, 0.717) is 0 Å². The quantitative estimate of drug-likeness (QED) is 0.686. The largest absolute Gasteiger partial charge is 0.379 e. The van der Waals surface area contributed by atoms with E-state index in [9.17, 15) is 0 Å². The van der Waals surface area contributed by atoms with Crippen LogP contribution in [0.4, 0.5) is 0 Å². The molecule has 1 aliphatic heterocycles. The molecule has 15 heavy (non-hydrogen) atoms. The van der Waals surface area contributed by atoms with Crippen molar-refractivity contribution in [1.82, 2.24) is 5.32 Å². The van der Waals surface area contributed by atoms with Crippen LogP contribution in [-0.4, -0.2) is 26.3 Å². The highest BCUT2D eigenvalue weighted by atomic mass is 16.5. The summed E-state index contributed by atoms with van der Waals surface area (Å²) in [6.45, 7) is 8.36. The normalized spacial score (nSPS) is 15.6. The zero-order valence-corrected chi connectivity index (χ0v) is 10.7. The first kappa shape index (κ1) is 14.9. The van der Waals surface area contributed by atoms with Gasteiger partial charge >= 0.3 is 0 Å². The molecule has 0 bridgehead atoms. The summed E-state index contributed by atoms with van der Waals surface area (Å²) in [7, 11) is 0. The van der Waals surface area contributed by atoms with Crippen molar-refractivity contribution in [1.29, 1.82) is 0 Å². The lowest BCUT2D eigenvalue weighted by Gasteiger charge is -2.10. The minimum Gasteiger partial charge on any atom is -0.379 e. The van der Waals surface area contributed by atoms with Crippen LogP contribution >= 0.6 is 0 Å². The summed E-state index contributed by atoms with van der Waals surface area (Å²) in [5.74, 6) is 0. The van der Waals surface area contributed by atoms with Gasteiger partial charge in [-0.25, -0.2) is 0 Å². The zero-order valence-electron chi connectivity index (χ0n) is 10.7. The number of ether oxygens (including phenoxy) is 1. The molecule has 1 N–H and O–H groups in total. The molecule has 1 rings (SSSR count). The van der Waals surface area contributed by atoms with Gasteiger partial charge in [-0.3, -0.25) is 0 Å². The molecule has 0 aromatic heterocycles. The van der Waals surface area contributed by atoms with Crippen molar-refractivity contribution in [3.8, 4) is 0 Å². The predicted octanol–water partition coefficient (Wildman–Crippen LogP) is 3.36. The number of rotatable bonds is 6. The first-order valence-electron chi connectivity index (χ1n) is 6.70. The van der Waals surface area contributed by atoms with Crippen molar-refractivity contribution in [3.63, 3.8) is 0 Å². The first-order valence-corrected chi connectivity index (χ1v) is 6.70. The second-order valence-electron chi connectivity index (χ2n) is 4.13. The standard InChI is InChI=1S/C9H20.C4H9NO/c1-3-5-7-9-8-6-4-2;1-3-6-4-2-5-1/h3-9H2,1-2H3;5H,1-4H2. The Bertz CT molecular complexity index is 85.2. The molecule has 0 spiro atoms. The van der Waals surface area contributed by atoms with Crippen molar-refractivity contribution >= 4 is 0 Å². The third-order valence-corrected chi connectivity index (χ3v) is 2.55. The molecule has 0 unspecified atom stereocenters. The fraction of sp³-hybridized carbons (Fsp3) is 1.00. The number of morpholine rings is 1. The molecule has 2 heteroatoms. The molecule has 92 valence electrons. The number of unbranched alkanes of at least 4 members (excludes halogenated alkanes) is 6. The van der Waals surface area contributed by atoms with Gasteiger partial charge in [0.1, 0.15) is 0 Å². The van der Waals surface area contributed by atoms with E-state index >= 15 is 0 Å². The second kappa shape index (κ2) is 13.9. The molecule has 1 fully saturated rings. The van der Waals surface area contributed by atoms with Crippen LogP contribution in [0.5, 0.6) is 0 Å². The van der Waals surface area contributed by atoms with Crippen molar-refractivity contribution < 1.29 is 4.74 Å². The van der Waals surface area contributed by atoms with Gasteiger partial charge in [-0.1, -0.05) is 58.8 Å². The van der Waals surface area contributed by atoms with Crippen LogP contribution in [0.25, 0.3) is 0 Å². The number of hydrogen-bond donors (Lipinski definition) is 1. The monoisotopic (exact) mass is 215 g/mol. The van der Waals surface area contributed by atoms with E-state index < -0.39 is 0 Å². The minimum absolute atomic E-state index is 0.889. The third kappa shape index (κ3) is 13.9. The van der Waals surface area contributed by atoms with Gasteiger partial charge in [-0.2, -0.15) is 0 Å². The molecular weight excluding hydrogens is 186 g/mol. The third-order valence-electron chi connectivity index (χ3n) is 2.55. The van der Waals surface area contributed by atoms with E-state index in [1.54, 1.807) is 0 Å². The van der Waals surface area contributed by atoms with E-state index in [-0.39, 0.29) is 0 Å². The molecule has 0 aromatic rings. The van der Waals surface area contributed by atoms with Gasteiger partial charge < -0.3 is 10.1 Å². The summed E-state index contributed by atoms with van der Waals surface area (Å²) in [4.78, 5) is 0. The fourth-order valence-electron chi connectivity index (χ4n) is 1.55. The molecule has 0 aliphatic carbocycles. The molecule has 1 aliphatic rings. The molecule has 1 saturated heterocycles. The van der Waals surface area contributed by atoms with Crippen molar-refractivity contribution in [2.75, 3.05) is 26.3 Å². The number of nitrogens with one attached hydrogen (secondary N) is 1. The van der Waals surface area contributed by atoms with E-state index in [1.807, 2.05) is 0 Å². The Hall–Kier alpha value is -0.0800. The van der Waals surface area contributed by atoms with Gasteiger partial charge in [-0.05, 0) is 0 Å². The Kier molecular flexibility index (Phi) is 13.8. The topological polar surface area (TPSA) is 21.3 Å². The van der Waals surface area contributed by atoms with Crippen LogP contribution < -0.4 is 5.32 Å². The van der Waals surface area contributed by atoms with E-state index in [2.05, 4.69) is 19.2 Å². The van der Waals surface area contributed by atoms with Gasteiger partial charge in [-0.15, -0.1) is 0 Å². The Morgan fingerprint density at radius 2 is 1.27 bits per heavy atom. The highest BCUT2D eigenvalue weighted by molar-refractivity contribution is 4.49. The maximum absolute atomic E-state index is 5.01. The Morgan fingerprint density at radius 1 is 0.800 bits per heavy atom. The lowest BCUT2D eigenvalue weighted by molar-refractivity contribution is 0.109. The number of hydrogen-bond acceptors (Lipinski definition) is 2. The average Bonchev–Trinajstić information content (AvgIpc) is 2.32. The van der Waals surface area contributed by atoms with Gasteiger partial charge in [0.2, 0.25) is 0 Å². The Morgan fingerprint density at radius 3 is 1.53 bits per heavy atom. The molecule has 0 amide bonds. The van der Waals surface area contributed by atoms with Crippen LogP contribution in [0.1, 0.15) is 58.8 Å². The maximum Gasteiger partial charge on any atom is 0.0591 e. The highest BCUT2D eigenvalue weighted by Crippen LogP contribution is 2.05. The summed E-state index contributed by atoms with van der Waals surface area (Å²) in [6, 6.07) is 0. The highest BCUT2D eigenvalue weighted by Gasteiger charge is 1.93. The summed E-state index contributed by atoms with van der Waals surface area (Å²) in [6.07, 6.45) is 9.97. The molecule has 2 nitrogen and oxygen atoms in total. The summed E-state index contributed by atoms with van der Waals surface area (Å²) in [5.41, 5.74) is 0. The van der Waals surface area contributed by atoms with Gasteiger partial charge in [0.25, 0.3) is 0 Å². The molecule has 0 aromatic carbocycles. The van der Waals surface area contributed by atoms with Crippen molar-refractivity contribution in [3.05, 3.63) is 0 Å². The maximum atomic E-state index is 5.01. The van der Waals surface area contributed by atoms with Crippen molar-refractivity contribution in [2.24, 2.45) is 0 Å². The molecule has 0 radical (unpaired) electrons. The average molecular weight is 215 g/mol. The summed E-state index contributed by atoms with van der Waals surface area (Å²) < 4.78 is 5.01. The summed E-state index contributed by atoms with van der Waals surface area (Å²) in [5, 5.41) is 3.16. The lowest BCUT2D eigenvalue weighted by Crippen LogP contribution is -2.30. The second-order valence-corrected chi connectivity index (χ2v) is 4.13. The Labute approximate surface area is 95.8 Å². The Balaban J connectivity index is 0.000000280. The van der Waals surface area contributed by atoms with Crippen LogP contribution in [0.15, 0.2) is 0 Å². The van der Waals surface area contributed by atoms with E-state index in [0.717, 1.165) is 26.3 Å². The van der Waals surface area contributed by atoms with Gasteiger partial charge in [0, 0.05) is 13.1 Å². The van der Waals surface area contributed by atoms with Crippen LogP contribution in [-0.2, 0) is 4.74 Å². The molecular formula is C13H29NO. The molecule has 0 atom stereocenters. The summed E-state index contributed by atoms with van der Waals surface area (Å²) >= 11 is 0. The minimum atomic E-state index is 0.889. The van der Waals surface area contributed by atoms with Crippen molar-refractivity contribution in [2.45, 2.75) is 58.8 Å². The van der Waals surface area contributed by atoms with Crippen LogP contribution in [0.3, 0.4) is 0 Å². The lowest BCUT2D eigenvalue weighted by atomic mass is 10.1. The van der Waals surface area contributed by atoms with E-state index in [1.165, 1.54) is 44.9 Å². The van der Waals surface area contributed by atoms with Gasteiger partial charge in [0.15, 0.2) is 0 Å². The fourth-order valence-corrected chi connectivity index (χ4v) is 1.55. The zero-order chi connectivity index (χ0) is 11.2. The smallest absolute Gasteiger partial charge is 0.0591 e. The van der Waals surface area contributed by atoms with E-state index in [4.69, 9.17) is 4.74 Å². The predicted molar refractivity (Wildman–Crippen MR) is 67.4 cm³/mol. The SMILES string of the molecule is C1COCCN1.CCCCCCCCC.